The molecule has 0 unspecified atom stereocenters. The zero-order valence-corrected chi connectivity index (χ0v) is 40.3. The molecule has 7 nitrogen and oxygen atoms in total. The minimum atomic E-state index is -0.0629. The third-order valence-corrected chi connectivity index (χ3v) is 13.6. The monoisotopic (exact) mass is 889 g/mol. The van der Waals surface area contributed by atoms with Gasteiger partial charge in [-0.1, -0.05) is 123 Å². The second kappa shape index (κ2) is 15.6. The zero-order chi connectivity index (χ0) is 47.3. The molecule has 11 rings (SSSR count). The fourth-order valence-corrected chi connectivity index (χ4v) is 9.80. The molecule has 0 radical (unpaired) electrons. The van der Waals surface area contributed by atoms with E-state index in [0.29, 0.717) is 18.0 Å². The van der Waals surface area contributed by atoms with E-state index in [2.05, 4.69) is 198 Å². The summed E-state index contributed by atoms with van der Waals surface area (Å²) in [5.41, 5.74) is 14.4. The van der Waals surface area contributed by atoms with E-state index >= 15 is 0 Å². The van der Waals surface area contributed by atoms with Crippen LogP contribution in [0, 0.1) is 11.3 Å². The molecule has 0 saturated carbocycles. The van der Waals surface area contributed by atoms with Crippen molar-refractivity contribution in [2.75, 3.05) is 16.5 Å². The van der Waals surface area contributed by atoms with Gasteiger partial charge in [0.15, 0.2) is 0 Å². The summed E-state index contributed by atoms with van der Waals surface area (Å²) in [7, 11) is 0. The van der Waals surface area contributed by atoms with Gasteiger partial charge in [-0.3, -0.25) is 4.57 Å². The summed E-state index contributed by atoms with van der Waals surface area (Å²) in [6.45, 7) is 21.0. The van der Waals surface area contributed by atoms with Crippen LogP contribution < -0.4 is 14.5 Å². The van der Waals surface area contributed by atoms with Gasteiger partial charge in [-0.2, -0.15) is 5.26 Å². The number of ether oxygens (including phenoxy) is 1. The van der Waals surface area contributed by atoms with Crippen molar-refractivity contribution < 1.29 is 9.15 Å². The van der Waals surface area contributed by atoms with Gasteiger partial charge in [0.2, 0.25) is 0 Å². The van der Waals surface area contributed by atoms with Crippen molar-refractivity contribution in [1.29, 1.82) is 5.26 Å². The molecule has 0 spiro atoms. The summed E-state index contributed by atoms with van der Waals surface area (Å²) in [4.78, 5) is 9.76. The number of nitrogens with zero attached hydrogens (tertiary/aromatic N) is 5. The average molecular weight is 890 g/mol. The van der Waals surface area contributed by atoms with Crippen LogP contribution in [0.2, 0.25) is 0 Å². The molecule has 68 heavy (non-hydrogen) atoms. The number of rotatable bonds is 6. The minimum absolute atomic E-state index is 0.0623. The Labute approximate surface area is 398 Å². The van der Waals surface area contributed by atoms with E-state index in [1.807, 2.05) is 42.6 Å². The molecule has 0 amide bonds. The van der Waals surface area contributed by atoms with Crippen LogP contribution in [0.5, 0.6) is 11.5 Å². The number of hydrogen-bond acceptors (Lipinski definition) is 6. The Hall–Kier alpha value is -7.82. The average Bonchev–Trinajstić information content (AvgIpc) is 4.00. The second-order valence-corrected chi connectivity index (χ2v) is 21.3. The number of furan rings is 1. The number of hydrogen-bond donors (Lipinski definition) is 0. The van der Waals surface area contributed by atoms with Gasteiger partial charge in [0, 0.05) is 62.4 Å². The molecule has 7 aromatic carbocycles. The predicted octanol–water partition coefficient (Wildman–Crippen LogP) is 16.5. The fraction of sp³-hybridized carbons (Fsp3) is 0.213. The highest BCUT2D eigenvalue weighted by Gasteiger charge is 2.34. The van der Waals surface area contributed by atoms with Crippen LogP contribution in [0.1, 0.15) is 84.6 Å². The Bertz CT molecular complexity index is 3650. The first-order valence-corrected chi connectivity index (χ1v) is 23.5. The van der Waals surface area contributed by atoms with Crippen LogP contribution in [0.15, 0.2) is 162 Å². The maximum atomic E-state index is 9.86. The van der Waals surface area contributed by atoms with Gasteiger partial charge in [0.05, 0.1) is 34.0 Å². The van der Waals surface area contributed by atoms with Gasteiger partial charge < -0.3 is 19.0 Å². The summed E-state index contributed by atoms with van der Waals surface area (Å²) >= 11 is 0. The van der Waals surface area contributed by atoms with Crippen molar-refractivity contribution >= 4 is 66.5 Å². The molecule has 0 N–H and O–H groups in total. The number of para-hydroxylation sites is 3. The molecule has 7 heteroatoms. The Morgan fingerprint density at radius 2 is 1.25 bits per heavy atom. The van der Waals surface area contributed by atoms with Crippen LogP contribution >= 0.6 is 0 Å². The molecule has 0 atom stereocenters. The second-order valence-electron chi connectivity index (χ2n) is 21.3. The highest BCUT2D eigenvalue weighted by atomic mass is 16.5. The Morgan fingerprint density at radius 1 is 0.544 bits per heavy atom. The number of nitriles is 1. The first-order chi connectivity index (χ1) is 32.5. The molecule has 0 saturated heterocycles. The van der Waals surface area contributed by atoms with E-state index in [0.717, 1.165) is 89.2 Å². The van der Waals surface area contributed by atoms with E-state index in [9.17, 15) is 5.26 Å². The minimum Gasteiger partial charge on any atom is -0.457 e. The number of fused-ring (bicyclic) bond motifs is 7. The van der Waals surface area contributed by atoms with Gasteiger partial charge in [0.1, 0.15) is 35.2 Å². The van der Waals surface area contributed by atoms with Gasteiger partial charge in [-0.25, -0.2) is 4.98 Å². The summed E-state index contributed by atoms with van der Waals surface area (Å²) in [5.74, 6) is 2.23. The molecule has 336 valence electrons. The van der Waals surface area contributed by atoms with E-state index in [1.54, 1.807) is 0 Å². The molecule has 1 aliphatic heterocycles. The van der Waals surface area contributed by atoms with Crippen molar-refractivity contribution in [2.45, 2.75) is 78.6 Å². The quantitative estimate of drug-likeness (QED) is 0.166. The van der Waals surface area contributed by atoms with Gasteiger partial charge in [-0.05, 0) is 112 Å². The fourth-order valence-electron chi connectivity index (χ4n) is 9.80. The third kappa shape index (κ3) is 7.32. The molecule has 10 aromatic rings. The normalized spacial score (nSPS) is 13.2. The summed E-state index contributed by atoms with van der Waals surface area (Å²) in [5, 5.41) is 14.1. The van der Waals surface area contributed by atoms with E-state index < -0.39 is 0 Å². The lowest BCUT2D eigenvalue weighted by Gasteiger charge is -2.30. The number of benzene rings is 7. The molecule has 0 bridgehead atoms. The van der Waals surface area contributed by atoms with E-state index in [-0.39, 0.29) is 16.2 Å². The maximum absolute atomic E-state index is 9.86. The zero-order valence-electron chi connectivity index (χ0n) is 40.3. The smallest absolute Gasteiger partial charge is 0.143 e. The van der Waals surface area contributed by atoms with Crippen molar-refractivity contribution in [3.63, 3.8) is 0 Å². The number of pyridine rings is 1. The largest absolute Gasteiger partial charge is 0.457 e. The van der Waals surface area contributed by atoms with Crippen molar-refractivity contribution in [3.05, 3.63) is 180 Å². The highest BCUT2D eigenvalue weighted by Crippen LogP contribution is 2.52. The standard InChI is InChI=1S/C61H55N5O2/c1-59(2,3)39-27-28-63-56(33-39)66-52-26-23-38(36-62)29-51(52)46-25-24-45(35-54(46)66)67-44-16-12-15-42(34-44)64-37-65(43-31-40(60(4,5)6)30-41(32-43)61(7,8)9)57-48(18-14-21-53(57)64)50-20-13-19-49-47-17-10-11-22-55(47)68-58(49)50/h10-35H,37H2,1-9H3. The Balaban J connectivity index is 1.04. The number of aromatic nitrogens is 2. The molecule has 3 aromatic heterocycles. The summed E-state index contributed by atoms with van der Waals surface area (Å²) in [6, 6.07) is 55.6. The maximum Gasteiger partial charge on any atom is 0.143 e. The van der Waals surface area contributed by atoms with Gasteiger partial charge in [0.25, 0.3) is 0 Å². The Morgan fingerprint density at radius 3 is 2.01 bits per heavy atom. The summed E-state index contributed by atoms with van der Waals surface area (Å²) in [6.07, 6.45) is 1.88. The topological polar surface area (TPSA) is 70.5 Å². The lowest BCUT2D eigenvalue weighted by Crippen LogP contribution is -2.25. The lowest BCUT2D eigenvalue weighted by molar-refractivity contribution is 0.483. The van der Waals surface area contributed by atoms with Crippen molar-refractivity contribution in [1.82, 2.24) is 9.55 Å². The van der Waals surface area contributed by atoms with Gasteiger partial charge >= 0.3 is 0 Å². The van der Waals surface area contributed by atoms with E-state index in [1.165, 1.54) is 16.7 Å². The van der Waals surface area contributed by atoms with Crippen LogP contribution in [0.3, 0.4) is 0 Å². The lowest BCUT2D eigenvalue weighted by atomic mass is 9.80. The van der Waals surface area contributed by atoms with Gasteiger partial charge in [-0.15, -0.1) is 0 Å². The van der Waals surface area contributed by atoms with Crippen molar-refractivity contribution in [2.24, 2.45) is 0 Å². The molecule has 0 fully saturated rings. The van der Waals surface area contributed by atoms with Crippen LogP contribution in [-0.2, 0) is 16.2 Å². The molecular weight excluding hydrogens is 835 g/mol. The third-order valence-electron chi connectivity index (χ3n) is 13.6. The van der Waals surface area contributed by atoms with Crippen molar-refractivity contribution in [3.8, 4) is 34.5 Å². The highest BCUT2D eigenvalue weighted by molar-refractivity contribution is 6.12. The predicted molar refractivity (Wildman–Crippen MR) is 281 cm³/mol. The van der Waals surface area contributed by atoms with Crippen LogP contribution in [0.25, 0.3) is 60.7 Å². The molecular formula is C61H55N5O2. The molecule has 1 aliphatic rings. The SMILES string of the molecule is CC(C)(C)c1cc(N2CN(c3cccc(Oc4ccc5c6cc(C#N)ccc6n(-c6cc(C(C)(C)C)ccn6)c5c4)c3)c3cccc(-c4cccc5c4oc4ccccc45)c32)cc(C(C)(C)C)c1. The number of anilines is 4. The molecule has 4 heterocycles. The van der Waals surface area contributed by atoms with Crippen LogP contribution in [-0.4, -0.2) is 16.2 Å². The van der Waals surface area contributed by atoms with Crippen LogP contribution in [0.4, 0.5) is 22.7 Å². The first kappa shape index (κ1) is 42.8. The summed E-state index contributed by atoms with van der Waals surface area (Å²) < 4.78 is 15.7. The Kier molecular flexibility index (Phi) is 9.84. The molecule has 0 aliphatic carbocycles. The first-order valence-electron chi connectivity index (χ1n) is 23.5. The van der Waals surface area contributed by atoms with E-state index in [4.69, 9.17) is 14.1 Å².